The van der Waals surface area contributed by atoms with E-state index in [9.17, 15) is 4.57 Å². The van der Waals surface area contributed by atoms with Crippen molar-refractivity contribution in [2.45, 2.75) is 0 Å². The predicted octanol–water partition coefficient (Wildman–Crippen LogP) is 2.67. The molecule has 0 bridgehead atoms. The van der Waals surface area contributed by atoms with Crippen LogP contribution < -0.4 is 11.0 Å². The van der Waals surface area contributed by atoms with Crippen molar-refractivity contribution in [3.05, 3.63) is 28.0 Å². The molecule has 0 aliphatic rings. The van der Waals surface area contributed by atoms with Gasteiger partial charge in [-0.3, -0.25) is 4.98 Å². The molecule has 0 saturated heterocycles. The molecular formula is C11H12IN2OP. The summed E-state index contributed by atoms with van der Waals surface area (Å²) in [5, 5.41) is 1.65. The van der Waals surface area contributed by atoms with Crippen molar-refractivity contribution in [3.8, 4) is 0 Å². The maximum Gasteiger partial charge on any atom is 0.112 e. The lowest BCUT2D eigenvalue weighted by Gasteiger charge is -2.13. The molecule has 2 rings (SSSR count). The summed E-state index contributed by atoms with van der Waals surface area (Å²) in [6.07, 6.45) is 1.60. The molecule has 2 N–H and O–H groups in total. The van der Waals surface area contributed by atoms with Crippen LogP contribution in [0.2, 0.25) is 0 Å². The van der Waals surface area contributed by atoms with E-state index in [1.807, 2.05) is 18.2 Å². The fraction of sp³-hybridized carbons (Fsp3) is 0.182. The molecule has 0 unspecified atom stereocenters. The Balaban J connectivity index is 2.97. The summed E-state index contributed by atoms with van der Waals surface area (Å²) >= 11 is 2.22. The zero-order chi connectivity index (χ0) is 11.9. The molecule has 0 aliphatic carbocycles. The van der Waals surface area contributed by atoms with Crippen LogP contribution in [0.5, 0.6) is 0 Å². The fourth-order valence-corrected chi connectivity index (χ4v) is 3.87. The first-order valence-electron chi connectivity index (χ1n) is 4.79. The molecule has 84 valence electrons. The number of nitrogens with two attached hydrogens (primary N) is 1. The Hall–Kier alpha value is -0.610. The van der Waals surface area contributed by atoms with E-state index in [-0.39, 0.29) is 0 Å². The van der Waals surface area contributed by atoms with Crippen LogP contribution in [0.4, 0.5) is 5.69 Å². The number of halogens is 1. The van der Waals surface area contributed by atoms with Gasteiger partial charge in [0.25, 0.3) is 0 Å². The summed E-state index contributed by atoms with van der Waals surface area (Å²) in [5.41, 5.74) is 7.27. The summed E-state index contributed by atoms with van der Waals surface area (Å²) in [5.74, 6) is 0. The molecule has 0 radical (unpaired) electrons. The van der Waals surface area contributed by atoms with Crippen LogP contribution in [0.3, 0.4) is 0 Å². The van der Waals surface area contributed by atoms with E-state index in [4.69, 9.17) is 5.73 Å². The van der Waals surface area contributed by atoms with Gasteiger partial charge in [-0.15, -0.1) is 0 Å². The number of hydrogen-bond acceptors (Lipinski definition) is 3. The Labute approximate surface area is 108 Å². The Morgan fingerprint density at radius 3 is 2.69 bits per heavy atom. The lowest BCUT2D eigenvalue weighted by Crippen LogP contribution is -2.12. The van der Waals surface area contributed by atoms with Crippen molar-refractivity contribution in [3.63, 3.8) is 0 Å². The van der Waals surface area contributed by atoms with E-state index < -0.39 is 7.14 Å². The molecule has 1 heterocycles. The smallest absolute Gasteiger partial charge is 0.112 e. The molecule has 3 nitrogen and oxygen atoms in total. The standard InChI is InChI=1S/C11H12IN2OP/c1-16(2,15)11-7-4-3-5-8(12)10(7)14-6-9(11)13/h3-6H,13H2,1-2H3. The van der Waals surface area contributed by atoms with Gasteiger partial charge in [-0.25, -0.2) is 0 Å². The summed E-state index contributed by atoms with van der Waals surface area (Å²) in [7, 11) is -2.39. The quantitative estimate of drug-likeness (QED) is 0.638. The zero-order valence-electron chi connectivity index (χ0n) is 9.07. The monoisotopic (exact) mass is 346 g/mol. The highest BCUT2D eigenvalue weighted by atomic mass is 127. The number of anilines is 1. The summed E-state index contributed by atoms with van der Waals surface area (Å²) in [6.45, 7) is 3.47. The van der Waals surface area contributed by atoms with Gasteiger partial charge in [0, 0.05) is 14.3 Å². The van der Waals surface area contributed by atoms with E-state index in [0.29, 0.717) is 5.69 Å². The fourth-order valence-electron chi connectivity index (χ4n) is 1.79. The first-order chi connectivity index (χ1) is 7.41. The Morgan fingerprint density at radius 2 is 2.06 bits per heavy atom. The summed E-state index contributed by atoms with van der Waals surface area (Å²) in [4.78, 5) is 4.30. The number of pyridine rings is 1. The van der Waals surface area contributed by atoms with Crippen molar-refractivity contribution >= 4 is 51.6 Å². The van der Waals surface area contributed by atoms with Crippen molar-refractivity contribution < 1.29 is 4.57 Å². The van der Waals surface area contributed by atoms with Gasteiger partial charge in [0.05, 0.1) is 17.4 Å². The molecule has 16 heavy (non-hydrogen) atoms. The minimum Gasteiger partial charge on any atom is -0.397 e. The Morgan fingerprint density at radius 1 is 1.38 bits per heavy atom. The average molecular weight is 346 g/mol. The van der Waals surface area contributed by atoms with Crippen LogP contribution in [-0.4, -0.2) is 18.3 Å². The van der Waals surface area contributed by atoms with Crippen molar-refractivity contribution in [1.82, 2.24) is 4.98 Å². The van der Waals surface area contributed by atoms with Crippen molar-refractivity contribution in [2.75, 3.05) is 19.1 Å². The van der Waals surface area contributed by atoms with Crippen molar-refractivity contribution in [1.29, 1.82) is 0 Å². The molecule has 0 amide bonds. The van der Waals surface area contributed by atoms with Crippen LogP contribution >= 0.6 is 29.7 Å². The Bertz CT molecular complexity index is 606. The van der Waals surface area contributed by atoms with Gasteiger partial charge in [0.1, 0.15) is 7.14 Å². The molecular weight excluding hydrogens is 334 g/mol. The van der Waals surface area contributed by atoms with Crippen LogP contribution in [0.25, 0.3) is 10.9 Å². The number of nitrogen functional groups attached to an aromatic ring is 1. The lowest BCUT2D eigenvalue weighted by atomic mass is 10.2. The molecule has 0 aliphatic heterocycles. The highest BCUT2D eigenvalue weighted by Gasteiger charge is 2.19. The second-order valence-electron chi connectivity index (χ2n) is 4.05. The van der Waals surface area contributed by atoms with Gasteiger partial charge < -0.3 is 10.3 Å². The van der Waals surface area contributed by atoms with Gasteiger partial charge in [0.15, 0.2) is 0 Å². The van der Waals surface area contributed by atoms with Gasteiger partial charge in [-0.2, -0.15) is 0 Å². The van der Waals surface area contributed by atoms with E-state index in [0.717, 1.165) is 19.8 Å². The molecule has 0 atom stereocenters. The minimum absolute atomic E-state index is 0.517. The topological polar surface area (TPSA) is 56.0 Å². The third-order valence-corrected chi connectivity index (χ3v) is 4.83. The SMILES string of the molecule is CP(C)(=O)c1c(N)cnc2c(I)cccc12. The Kier molecular flexibility index (Phi) is 2.97. The minimum atomic E-state index is -2.39. The van der Waals surface area contributed by atoms with Crippen LogP contribution in [-0.2, 0) is 4.57 Å². The molecule has 0 saturated carbocycles. The van der Waals surface area contributed by atoms with Crippen LogP contribution in [0.15, 0.2) is 24.4 Å². The first-order valence-corrected chi connectivity index (χ1v) is 8.47. The number of nitrogens with zero attached hydrogens (tertiary/aromatic N) is 1. The van der Waals surface area contributed by atoms with Gasteiger partial charge in [-0.05, 0) is 42.0 Å². The predicted molar refractivity (Wildman–Crippen MR) is 78.0 cm³/mol. The molecule has 1 aromatic heterocycles. The molecule has 0 spiro atoms. The maximum atomic E-state index is 12.3. The van der Waals surface area contributed by atoms with Gasteiger partial charge in [0.2, 0.25) is 0 Å². The van der Waals surface area contributed by atoms with Crippen LogP contribution in [0.1, 0.15) is 0 Å². The largest absolute Gasteiger partial charge is 0.397 e. The molecule has 5 heteroatoms. The molecule has 0 fully saturated rings. The number of aromatic nitrogens is 1. The number of para-hydroxylation sites is 1. The van der Waals surface area contributed by atoms with E-state index in [2.05, 4.69) is 27.6 Å². The van der Waals surface area contributed by atoms with E-state index >= 15 is 0 Å². The van der Waals surface area contributed by atoms with Gasteiger partial charge >= 0.3 is 0 Å². The number of hydrogen-bond donors (Lipinski definition) is 1. The first kappa shape index (κ1) is 11.9. The second-order valence-corrected chi connectivity index (χ2v) is 8.36. The summed E-state index contributed by atoms with van der Waals surface area (Å²) < 4.78 is 13.3. The highest BCUT2D eigenvalue weighted by molar-refractivity contribution is 14.1. The van der Waals surface area contributed by atoms with E-state index in [1.54, 1.807) is 19.5 Å². The summed E-state index contributed by atoms with van der Waals surface area (Å²) in [6, 6.07) is 5.84. The van der Waals surface area contributed by atoms with Crippen LogP contribution in [0, 0.1) is 3.57 Å². The third kappa shape index (κ3) is 1.96. The molecule has 2 aromatic rings. The average Bonchev–Trinajstić information content (AvgIpc) is 2.15. The normalized spacial score (nSPS) is 11.9. The van der Waals surface area contributed by atoms with Gasteiger partial charge in [-0.1, -0.05) is 12.1 Å². The highest BCUT2D eigenvalue weighted by Crippen LogP contribution is 2.40. The number of fused-ring (bicyclic) bond motifs is 1. The number of benzene rings is 1. The number of rotatable bonds is 1. The third-order valence-electron chi connectivity index (χ3n) is 2.39. The second kappa shape index (κ2) is 4.00. The lowest BCUT2D eigenvalue weighted by molar-refractivity contribution is 0.588. The van der Waals surface area contributed by atoms with Crippen molar-refractivity contribution in [2.24, 2.45) is 0 Å². The van der Waals surface area contributed by atoms with E-state index in [1.165, 1.54) is 0 Å². The maximum absolute atomic E-state index is 12.3. The zero-order valence-corrected chi connectivity index (χ0v) is 12.1. The molecule has 1 aromatic carbocycles.